The second kappa shape index (κ2) is 11.0. The number of fused-ring (bicyclic) bond motifs is 1. The summed E-state index contributed by atoms with van der Waals surface area (Å²) in [6, 6.07) is 9.10. The number of ether oxygens (including phenoxy) is 2. The summed E-state index contributed by atoms with van der Waals surface area (Å²) < 4.78 is 10.4. The summed E-state index contributed by atoms with van der Waals surface area (Å²) >= 11 is 0. The molecule has 4 N–H and O–H groups in total. The van der Waals surface area contributed by atoms with E-state index in [0.717, 1.165) is 18.4 Å². The molecule has 2 saturated heterocycles. The van der Waals surface area contributed by atoms with E-state index in [1.165, 1.54) is 12.8 Å². The van der Waals surface area contributed by atoms with E-state index in [1.807, 2.05) is 35.2 Å². The summed E-state index contributed by atoms with van der Waals surface area (Å²) in [6.45, 7) is 1.37. The van der Waals surface area contributed by atoms with Crippen molar-refractivity contribution in [3.8, 4) is 0 Å². The van der Waals surface area contributed by atoms with Gasteiger partial charge in [0, 0.05) is 19.5 Å². The fraction of sp³-hybridized carbons (Fsp3) is 0.640. The summed E-state index contributed by atoms with van der Waals surface area (Å²) in [5.41, 5.74) is 0.807. The predicted molar refractivity (Wildman–Crippen MR) is 121 cm³/mol. The van der Waals surface area contributed by atoms with E-state index in [4.69, 9.17) is 9.47 Å². The maximum atomic E-state index is 13.2. The lowest BCUT2D eigenvalue weighted by atomic mass is 9.82. The van der Waals surface area contributed by atoms with Crippen LogP contribution in [0.1, 0.15) is 37.7 Å². The van der Waals surface area contributed by atoms with Crippen molar-refractivity contribution in [2.75, 3.05) is 13.1 Å². The van der Waals surface area contributed by atoms with Crippen molar-refractivity contribution in [1.82, 2.24) is 4.90 Å². The van der Waals surface area contributed by atoms with Crippen LogP contribution in [0.15, 0.2) is 30.3 Å². The van der Waals surface area contributed by atoms with Gasteiger partial charge in [-0.3, -0.25) is 9.59 Å². The Kier molecular flexibility index (Phi) is 8.05. The van der Waals surface area contributed by atoms with Gasteiger partial charge in [0.05, 0.1) is 5.92 Å². The Hall–Kier alpha value is -2.53. The third kappa shape index (κ3) is 5.83. The Morgan fingerprint density at radius 2 is 1.60 bits per heavy atom. The first kappa shape index (κ1) is 25.6. The Labute approximate surface area is 203 Å². The number of likely N-dealkylation sites (tertiary alicyclic amines) is 1. The molecule has 1 aromatic carbocycles. The zero-order valence-corrected chi connectivity index (χ0v) is 19.4. The van der Waals surface area contributed by atoms with E-state index < -0.39 is 48.6 Å². The van der Waals surface area contributed by atoms with Crippen LogP contribution >= 0.6 is 0 Å². The Balaban J connectivity index is 1.46. The van der Waals surface area contributed by atoms with Crippen LogP contribution in [0.25, 0.3) is 0 Å². The van der Waals surface area contributed by atoms with Gasteiger partial charge in [-0.15, -0.1) is 0 Å². The first-order chi connectivity index (χ1) is 16.7. The van der Waals surface area contributed by atoms with Crippen LogP contribution < -0.4 is 0 Å². The van der Waals surface area contributed by atoms with E-state index in [0.29, 0.717) is 24.9 Å². The van der Waals surface area contributed by atoms with Crippen LogP contribution in [0.4, 0.5) is 0 Å². The molecular formula is C25H33NO9. The highest BCUT2D eigenvalue weighted by atomic mass is 16.7. The molecule has 10 nitrogen and oxygen atoms in total. The molecule has 1 aromatic rings. The van der Waals surface area contributed by atoms with Crippen molar-refractivity contribution in [3.05, 3.63) is 35.9 Å². The van der Waals surface area contributed by atoms with Gasteiger partial charge in [0.1, 0.15) is 18.3 Å². The second-order valence-electron chi connectivity index (χ2n) is 9.87. The van der Waals surface area contributed by atoms with Gasteiger partial charge in [-0.1, -0.05) is 43.2 Å². The van der Waals surface area contributed by atoms with Crippen LogP contribution in [-0.2, 0) is 30.3 Å². The predicted octanol–water partition coefficient (Wildman–Crippen LogP) is 0.319. The number of hydrogen-bond donors (Lipinski definition) is 4. The number of amides is 1. The van der Waals surface area contributed by atoms with Crippen molar-refractivity contribution in [2.45, 2.75) is 69.2 Å². The molecule has 0 spiro atoms. The summed E-state index contributed by atoms with van der Waals surface area (Å²) in [5, 5.41) is 39.3. The smallest absolute Gasteiger partial charge is 0.335 e. The third-order valence-corrected chi connectivity index (χ3v) is 7.45. The molecule has 0 aromatic heterocycles. The van der Waals surface area contributed by atoms with Crippen LogP contribution in [0.2, 0.25) is 0 Å². The van der Waals surface area contributed by atoms with Crippen molar-refractivity contribution < 1.29 is 44.3 Å². The molecule has 2 heterocycles. The first-order valence-corrected chi connectivity index (χ1v) is 12.2. The molecule has 0 unspecified atom stereocenters. The van der Waals surface area contributed by atoms with Crippen molar-refractivity contribution in [1.29, 1.82) is 0 Å². The summed E-state index contributed by atoms with van der Waals surface area (Å²) in [4.78, 5) is 39.5. The van der Waals surface area contributed by atoms with Gasteiger partial charge in [-0.05, 0) is 36.7 Å². The summed E-state index contributed by atoms with van der Waals surface area (Å²) in [5.74, 6) is -2.48. The van der Waals surface area contributed by atoms with Crippen molar-refractivity contribution >= 4 is 17.8 Å². The van der Waals surface area contributed by atoms with E-state index in [-0.39, 0.29) is 18.7 Å². The summed E-state index contributed by atoms with van der Waals surface area (Å²) in [7, 11) is 0. The fourth-order valence-electron chi connectivity index (χ4n) is 5.45. The Bertz CT molecular complexity index is 895. The number of aliphatic hydroxyl groups is 3. The minimum atomic E-state index is -1.89. The molecule has 1 amide bonds. The average molecular weight is 492 g/mol. The molecular weight excluding hydrogens is 458 g/mol. The standard InChI is InChI=1S/C25H33NO9/c27-18(26-12-15-8-4-5-9-16(15)13-26)11-17(10-14-6-2-1-3-7-14)24(33)35-25-21(30)19(28)20(29)22(34-25)23(31)32/h1-3,6-7,15-17,19-22,25,28-30H,4-5,8-13H2,(H,31,32)/t15-,16+,17-,19-,20-,21+,22-,25-/m0/s1. The first-order valence-electron chi connectivity index (χ1n) is 12.2. The van der Waals surface area contributed by atoms with E-state index >= 15 is 0 Å². The molecule has 0 bridgehead atoms. The van der Waals surface area contributed by atoms with E-state index in [2.05, 4.69) is 0 Å². The van der Waals surface area contributed by atoms with Crippen LogP contribution in [-0.4, -0.2) is 87.0 Å². The Morgan fingerprint density at radius 1 is 0.971 bits per heavy atom. The largest absolute Gasteiger partial charge is 0.479 e. The maximum absolute atomic E-state index is 13.2. The quantitative estimate of drug-likeness (QED) is 0.395. The lowest BCUT2D eigenvalue weighted by molar-refractivity contribution is -0.287. The molecule has 4 rings (SSSR count). The monoisotopic (exact) mass is 491 g/mol. The molecule has 8 atom stereocenters. The highest BCUT2D eigenvalue weighted by Gasteiger charge is 2.49. The number of rotatable bonds is 7. The maximum Gasteiger partial charge on any atom is 0.335 e. The number of esters is 1. The number of aliphatic hydroxyl groups excluding tert-OH is 3. The highest BCUT2D eigenvalue weighted by Crippen LogP contribution is 2.36. The lowest BCUT2D eigenvalue weighted by Gasteiger charge is -2.38. The number of carboxylic acids is 1. The van der Waals surface area contributed by atoms with Crippen LogP contribution in [0.5, 0.6) is 0 Å². The minimum absolute atomic E-state index is 0.108. The van der Waals surface area contributed by atoms with Crippen molar-refractivity contribution in [3.63, 3.8) is 0 Å². The topological polar surface area (TPSA) is 154 Å². The average Bonchev–Trinajstić information content (AvgIpc) is 3.29. The normalized spacial score (nSPS) is 33.6. The van der Waals surface area contributed by atoms with E-state index in [9.17, 15) is 34.8 Å². The van der Waals surface area contributed by atoms with Crippen LogP contribution in [0.3, 0.4) is 0 Å². The molecule has 1 aliphatic carbocycles. The number of carboxylic acid groups (broad SMARTS) is 1. The zero-order chi connectivity index (χ0) is 25.1. The lowest BCUT2D eigenvalue weighted by Crippen LogP contribution is -2.60. The molecule has 2 aliphatic heterocycles. The number of carbonyl (C=O) groups excluding carboxylic acids is 2. The minimum Gasteiger partial charge on any atom is -0.479 e. The van der Waals surface area contributed by atoms with Gasteiger partial charge < -0.3 is 34.8 Å². The van der Waals surface area contributed by atoms with Gasteiger partial charge >= 0.3 is 11.9 Å². The molecule has 0 radical (unpaired) electrons. The number of hydrogen-bond acceptors (Lipinski definition) is 8. The third-order valence-electron chi connectivity index (χ3n) is 7.45. The zero-order valence-electron chi connectivity index (χ0n) is 19.4. The molecule has 3 aliphatic rings. The second-order valence-corrected chi connectivity index (χ2v) is 9.87. The summed E-state index contributed by atoms with van der Waals surface area (Å²) in [6.07, 6.45) is -4.65. The molecule has 3 fully saturated rings. The van der Waals surface area contributed by atoms with E-state index in [1.54, 1.807) is 0 Å². The number of carbonyl (C=O) groups is 3. The van der Waals surface area contributed by atoms with Gasteiger partial charge in [0.15, 0.2) is 6.10 Å². The van der Waals surface area contributed by atoms with Crippen LogP contribution in [0, 0.1) is 17.8 Å². The van der Waals surface area contributed by atoms with Gasteiger partial charge in [-0.25, -0.2) is 4.79 Å². The van der Waals surface area contributed by atoms with Gasteiger partial charge in [0.2, 0.25) is 12.2 Å². The Morgan fingerprint density at radius 3 is 2.20 bits per heavy atom. The molecule has 192 valence electrons. The van der Waals surface area contributed by atoms with Crippen molar-refractivity contribution in [2.24, 2.45) is 17.8 Å². The molecule has 10 heteroatoms. The SMILES string of the molecule is O=C(O[C@@H]1O[C@H](C(=O)O)[C@@H](O)[C@H](O)[C@H]1O)[C@H](CC(=O)N1C[C@H]2CCCC[C@H]2C1)Cc1ccccc1. The number of benzene rings is 1. The number of nitrogens with zero attached hydrogens (tertiary/aromatic N) is 1. The fourth-order valence-corrected chi connectivity index (χ4v) is 5.45. The highest BCUT2D eigenvalue weighted by molar-refractivity contribution is 5.83. The van der Waals surface area contributed by atoms with Gasteiger partial charge in [0.25, 0.3) is 0 Å². The van der Waals surface area contributed by atoms with Gasteiger partial charge in [-0.2, -0.15) is 0 Å². The molecule has 1 saturated carbocycles. The number of aliphatic carboxylic acids is 1. The molecule has 35 heavy (non-hydrogen) atoms.